The first kappa shape index (κ1) is 19.0. The summed E-state index contributed by atoms with van der Waals surface area (Å²) in [7, 11) is -3.54. The number of carbonyl (C=O) groups excluding carboxylic acids is 1. The minimum atomic E-state index is -3.54. The van der Waals surface area contributed by atoms with Gasteiger partial charge in [-0.2, -0.15) is 4.31 Å². The minimum Gasteiger partial charge on any atom is -0.423 e. The number of hydrogen-bond donors (Lipinski definition) is 0. The number of nitro benzene ring substituents is 1. The highest BCUT2D eigenvalue weighted by atomic mass is 32.2. The Hall–Kier alpha value is -2.78. The van der Waals surface area contributed by atoms with Crippen molar-refractivity contribution in [1.82, 2.24) is 4.31 Å². The summed E-state index contributed by atoms with van der Waals surface area (Å²) < 4.78 is 31.6. The van der Waals surface area contributed by atoms with Gasteiger partial charge in [0.25, 0.3) is 5.69 Å². The summed E-state index contributed by atoms with van der Waals surface area (Å²) in [5.41, 5.74) is 0.495. The van der Waals surface area contributed by atoms with Crippen molar-refractivity contribution < 1.29 is 22.9 Å². The van der Waals surface area contributed by atoms with Gasteiger partial charge in [0, 0.05) is 24.7 Å². The first-order chi connectivity index (χ1) is 12.8. The van der Waals surface area contributed by atoms with Crippen LogP contribution in [-0.4, -0.2) is 36.7 Å². The summed E-state index contributed by atoms with van der Waals surface area (Å²) in [6.07, 6.45) is 1.69. The summed E-state index contributed by atoms with van der Waals surface area (Å²) >= 11 is 0. The molecule has 8 nitrogen and oxygen atoms in total. The largest absolute Gasteiger partial charge is 0.423 e. The zero-order valence-corrected chi connectivity index (χ0v) is 15.4. The molecule has 1 fully saturated rings. The van der Waals surface area contributed by atoms with E-state index in [0.29, 0.717) is 18.7 Å². The van der Waals surface area contributed by atoms with Crippen LogP contribution in [0.3, 0.4) is 0 Å². The van der Waals surface area contributed by atoms with E-state index in [1.54, 1.807) is 6.92 Å². The van der Waals surface area contributed by atoms with E-state index >= 15 is 0 Å². The highest BCUT2D eigenvalue weighted by Gasteiger charge is 2.27. The van der Waals surface area contributed by atoms with Crippen LogP contribution in [0.4, 0.5) is 5.69 Å². The molecule has 142 valence electrons. The SMILES string of the molecule is Cc1cc(OC(=O)c2ccc(S(=O)(=O)N3CCCC3)cc2)ccc1[N+](=O)[O-]. The van der Waals surface area contributed by atoms with Crippen LogP contribution in [0, 0.1) is 17.0 Å². The fraction of sp³-hybridized carbons (Fsp3) is 0.278. The van der Waals surface area contributed by atoms with Crippen molar-refractivity contribution in [3.8, 4) is 5.75 Å². The van der Waals surface area contributed by atoms with Gasteiger partial charge in [0.2, 0.25) is 10.0 Å². The lowest BCUT2D eigenvalue weighted by Crippen LogP contribution is -2.27. The van der Waals surface area contributed by atoms with Gasteiger partial charge in [-0.25, -0.2) is 13.2 Å². The average Bonchev–Trinajstić information content (AvgIpc) is 3.17. The van der Waals surface area contributed by atoms with Crippen molar-refractivity contribution in [2.24, 2.45) is 0 Å². The Balaban J connectivity index is 1.74. The van der Waals surface area contributed by atoms with Crippen molar-refractivity contribution in [1.29, 1.82) is 0 Å². The summed E-state index contributed by atoms with van der Waals surface area (Å²) in [5, 5.41) is 10.8. The molecule has 0 atom stereocenters. The second-order valence-electron chi connectivity index (χ2n) is 6.23. The summed E-state index contributed by atoms with van der Waals surface area (Å²) in [6, 6.07) is 9.56. The second-order valence-corrected chi connectivity index (χ2v) is 8.17. The van der Waals surface area contributed by atoms with Crippen LogP contribution in [-0.2, 0) is 10.0 Å². The zero-order chi connectivity index (χ0) is 19.6. The van der Waals surface area contributed by atoms with Gasteiger partial charge in [-0.1, -0.05) is 0 Å². The summed E-state index contributed by atoms with van der Waals surface area (Å²) in [5.74, 6) is -0.495. The smallest absolute Gasteiger partial charge is 0.343 e. The Kier molecular flexibility index (Phi) is 5.24. The molecule has 2 aromatic carbocycles. The van der Waals surface area contributed by atoms with Crippen molar-refractivity contribution in [2.75, 3.05) is 13.1 Å². The molecule has 0 amide bonds. The van der Waals surface area contributed by atoms with Crippen LogP contribution in [0.25, 0.3) is 0 Å². The molecule has 27 heavy (non-hydrogen) atoms. The molecule has 2 aromatic rings. The van der Waals surface area contributed by atoms with E-state index in [2.05, 4.69) is 0 Å². The highest BCUT2D eigenvalue weighted by molar-refractivity contribution is 7.89. The molecule has 0 aromatic heterocycles. The molecule has 1 saturated heterocycles. The van der Waals surface area contributed by atoms with E-state index < -0.39 is 20.9 Å². The maximum atomic E-state index is 12.5. The molecule has 0 radical (unpaired) electrons. The lowest BCUT2D eigenvalue weighted by Gasteiger charge is -2.15. The Morgan fingerprint density at radius 1 is 1.11 bits per heavy atom. The number of rotatable bonds is 5. The third kappa shape index (κ3) is 3.99. The lowest BCUT2D eigenvalue weighted by molar-refractivity contribution is -0.385. The Morgan fingerprint density at radius 2 is 1.74 bits per heavy atom. The first-order valence-corrected chi connectivity index (χ1v) is 9.80. The number of nitro groups is 1. The van der Waals surface area contributed by atoms with Crippen molar-refractivity contribution in [2.45, 2.75) is 24.7 Å². The average molecular weight is 390 g/mol. The predicted molar refractivity (Wildman–Crippen MR) is 97.2 cm³/mol. The number of carbonyl (C=O) groups is 1. The summed E-state index contributed by atoms with van der Waals surface area (Å²) in [4.78, 5) is 22.7. The number of nitrogens with zero attached hydrogens (tertiary/aromatic N) is 2. The van der Waals surface area contributed by atoms with E-state index in [-0.39, 0.29) is 21.9 Å². The van der Waals surface area contributed by atoms with Gasteiger partial charge in [-0.15, -0.1) is 0 Å². The van der Waals surface area contributed by atoms with Crippen molar-refractivity contribution in [3.63, 3.8) is 0 Å². The van der Waals surface area contributed by atoms with E-state index in [1.807, 2.05) is 0 Å². The van der Waals surface area contributed by atoms with Gasteiger partial charge in [-0.05, 0) is 56.2 Å². The van der Waals surface area contributed by atoms with E-state index in [9.17, 15) is 23.3 Å². The van der Waals surface area contributed by atoms with E-state index in [4.69, 9.17) is 4.74 Å². The van der Waals surface area contributed by atoms with Crippen molar-refractivity contribution >= 4 is 21.7 Å². The molecule has 9 heteroatoms. The monoisotopic (exact) mass is 390 g/mol. The third-order valence-corrected chi connectivity index (χ3v) is 6.28. The number of benzene rings is 2. The maximum Gasteiger partial charge on any atom is 0.343 e. The number of aryl methyl sites for hydroxylation is 1. The van der Waals surface area contributed by atoms with Gasteiger partial charge in [0.15, 0.2) is 0 Å². The van der Waals surface area contributed by atoms with Crippen LogP contribution in [0.5, 0.6) is 5.75 Å². The maximum absolute atomic E-state index is 12.5. The molecular weight excluding hydrogens is 372 g/mol. The van der Waals surface area contributed by atoms with Crippen LogP contribution < -0.4 is 4.74 Å². The van der Waals surface area contributed by atoms with E-state index in [0.717, 1.165) is 12.8 Å². The van der Waals surface area contributed by atoms with Crippen LogP contribution in [0.1, 0.15) is 28.8 Å². The van der Waals surface area contributed by atoms with Gasteiger partial charge >= 0.3 is 5.97 Å². The second kappa shape index (κ2) is 7.45. The predicted octanol–water partition coefficient (Wildman–Crippen LogP) is 2.91. The molecule has 0 saturated carbocycles. The Morgan fingerprint density at radius 3 is 2.30 bits per heavy atom. The highest BCUT2D eigenvalue weighted by Crippen LogP contribution is 2.24. The van der Waals surface area contributed by atoms with Gasteiger partial charge in [-0.3, -0.25) is 10.1 Å². The van der Waals surface area contributed by atoms with Crippen LogP contribution in [0.15, 0.2) is 47.4 Å². The quantitative estimate of drug-likeness (QED) is 0.336. The minimum absolute atomic E-state index is 0.0636. The van der Waals surface area contributed by atoms with E-state index in [1.165, 1.54) is 46.8 Å². The number of esters is 1. The molecule has 0 unspecified atom stereocenters. The molecule has 1 aliphatic rings. The fourth-order valence-electron chi connectivity index (χ4n) is 2.90. The topological polar surface area (TPSA) is 107 Å². The molecule has 1 heterocycles. The fourth-order valence-corrected chi connectivity index (χ4v) is 4.42. The van der Waals surface area contributed by atoms with Gasteiger partial charge in [0.05, 0.1) is 15.4 Å². The normalized spacial score (nSPS) is 14.9. The standard InChI is InChI=1S/C18H18N2O6S/c1-13-12-15(6-9-17(13)20(22)23)26-18(21)14-4-7-16(8-5-14)27(24,25)19-10-2-3-11-19/h4-9,12H,2-3,10-11H2,1H3. The van der Waals surface area contributed by atoms with Crippen LogP contribution >= 0.6 is 0 Å². The lowest BCUT2D eigenvalue weighted by atomic mass is 10.2. The Labute approximate surface area is 156 Å². The van der Waals surface area contributed by atoms with Crippen molar-refractivity contribution in [3.05, 3.63) is 63.7 Å². The summed E-state index contributed by atoms with van der Waals surface area (Å²) in [6.45, 7) is 2.56. The number of ether oxygens (including phenoxy) is 1. The zero-order valence-electron chi connectivity index (χ0n) is 14.6. The molecule has 3 rings (SSSR count). The van der Waals surface area contributed by atoms with Gasteiger partial charge < -0.3 is 4.74 Å². The molecule has 0 spiro atoms. The molecular formula is C18H18N2O6S. The molecule has 0 aliphatic carbocycles. The first-order valence-electron chi connectivity index (χ1n) is 8.36. The molecule has 1 aliphatic heterocycles. The molecule has 0 bridgehead atoms. The third-order valence-electron chi connectivity index (χ3n) is 4.37. The van der Waals surface area contributed by atoms with Crippen LogP contribution in [0.2, 0.25) is 0 Å². The number of sulfonamides is 1. The van der Waals surface area contributed by atoms with Gasteiger partial charge in [0.1, 0.15) is 5.75 Å². The Bertz CT molecular complexity index is 979. The molecule has 0 N–H and O–H groups in total. The number of hydrogen-bond acceptors (Lipinski definition) is 6.